The van der Waals surface area contributed by atoms with E-state index in [0.717, 1.165) is 27.7 Å². The molecule has 5 nitrogen and oxygen atoms in total. The molecule has 0 radical (unpaired) electrons. The molecule has 0 aliphatic heterocycles. The second kappa shape index (κ2) is 11.8. The highest BCUT2D eigenvalue weighted by atomic mass is 15.0. The van der Waals surface area contributed by atoms with Crippen LogP contribution in [0.4, 0.5) is 0 Å². The minimum absolute atomic E-state index is 0.632. The van der Waals surface area contributed by atoms with Crippen LogP contribution in [0.2, 0.25) is 0 Å². The van der Waals surface area contributed by atoms with Crippen molar-refractivity contribution in [2.24, 2.45) is 0 Å². The summed E-state index contributed by atoms with van der Waals surface area (Å²) < 4.78 is 5.02. The van der Waals surface area contributed by atoms with Crippen LogP contribution >= 0.6 is 0 Å². The van der Waals surface area contributed by atoms with Crippen molar-refractivity contribution in [1.82, 2.24) is 23.8 Å². The molecule has 0 aliphatic rings. The van der Waals surface area contributed by atoms with Crippen molar-refractivity contribution in [1.29, 1.82) is 0 Å². The molecule has 0 fully saturated rings. The van der Waals surface area contributed by atoms with Crippen molar-refractivity contribution in [3.8, 4) is 34.2 Å². The molecule has 0 saturated carbocycles. The third kappa shape index (κ3) is 4.38. The lowest BCUT2D eigenvalue weighted by Gasteiger charge is -2.13. The lowest BCUT2D eigenvalue weighted by Crippen LogP contribution is -2.00. The molecular weight excluding hydrogens is 707 g/mol. The van der Waals surface area contributed by atoms with Crippen LogP contribution in [0.15, 0.2) is 188 Å². The monoisotopic (exact) mass is 737 g/mol. The number of nitrogens with zero attached hydrogens (tertiary/aromatic N) is 5. The second-order valence-corrected chi connectivity index (χ2v) is 15.2. The summed E-state index contributed by atoms with van der Waals surface area (Å²) in [4.78, 5) is 15.3. The van der Waals surface area contributed by atoms with Gasteiger partial charge in [-0.25, -0.2) is 15.0 Å². The smallest absolute Gasteiger partial charge is 0.164 e. The van der Waals surface area contributed by atoms with E-state index in [-0.39, 0.29) is 0 Å². The fourth-order valence-corrected chi connectivity index (χ4v) is 9.48. The number of hydrogen-bond donors (Lipinski definition) is 0. The molecular formula is C53H31N5. The van der Waals surface area contributed by atoms with Gasteiger partial charge in [-0.05, 0) is 57.9 Å². The molecule has 4 heterocycles. The molecule has 13 aromatic rings. The van der Waals surface area contributed by atoms with E-state index < -0.39 is 0 Å². The molecule has 0 saturated heterocycles. The maximum Gasteiger partial charge on any atom is 0.164 e. The highest BCUT2D eigenvalue weighted by Gasteiger charge is 2.22. The summed E-state index contributed by atoms with van der Waals surface area (Å²) in [5.41, 5.74) is 9.79. The van der Waals surface area contributed by atoms with Gasteiger partial charge in [0.15, 0.2) is 17.5 Å². The lowest BCUT2D eigenvalue weighted by atomic mass is 9.98. The van der Waals surface area contributed by atoms with Crippen LogP contribution in [0.1, 0.15) is 0 Å². The van der Waals surface area contributed by atoms with E-state index in [1.165, 1.54) is 75.9 Å². The number of rotatable bonds is 3. The van der Waals surface area contributed by atoms with Gasteiger partial charge in [-0.2, -0.15) is 0 Å². The average molecular weight is 738 g/mol. The SMILES string of the molecule is c1ccc(-c2nc(-c3ccccc3)nc(-c3ccc4c5c6ccccc6cc6c7cc8ccccc8cc7n7c8ccccc8c8cccc(c87)n(c4c3)c65)n2)cc1. The van der Waals surface area contributed by atoms with Crippen molar-refractivity contribution in [3.63, 3.8) is 0 Å². The predicted octanol–water partition coefficient (Wildman–Crippen LogP) is 13.5. The molecule has 58 heavy (non-hydrogen) atoms. The van der Waals surface area contributed by atoms with Gasteiger partial charge in [-0.1, -0.05) is 152 Å². The first-order valence-corrected chi connectivity index (χ1v) is 19.7. The summed E-state index contributed by atoms with van der Waals surface area (Å²) in [7, 11) is 0. The summed E-state index contributed by atoms with van der Waals surface area (Å²) in [6.45, 7) is 0. The predicted molar refractivity (Wildman–Crippen MR) is 241 cm³/mol. The first-order valence-electron chi connectivity index (χ1n) is 19.7. The maximum atomic E-state index is 5.16. The van der Waals surface area contributed by atoms with Crippen molar-refractivity contribution in [2.45, 2.75) is 0 Å². The van der Waals surface area contributed by atoms with Crippen molar-refractivity contribution < 1.29 is 0 Å². The Kier molecular flexibility index (Phi) is 6.38. The number of fused-ring (bicyclic) bond motifs is 13. The number of benzene rings is 9. The van der Waals surface area contributed by atoms with Gasteiger partial charge >= 0.3 is 0 Å². The van der Waals surface area contributed by atoms with Crippen LogP contribution in [-0.4, -0.2) is 23.8 Å². The number of hydrogen-bond acceptors (Lipinski definition) is 3. The number of para-hydroxylation sites is 2. The van der Waals surface area contributed by atoms with Crippen molar-refractivity contribution >= 4 is 87.0 Å². The summed E-state index contributed by atoms with van der Waals surface area (Å²) in [5, 5.41) is 12.1. The van der Waals surface area contributed by atoms with Gasteiger partial charge in [0.05, 0.1) is 33.1 Å². The van der Waals surface area contributed by atoms with Gasteiger partial charge < -0.3 is 8.80 Å². The minimum Gasteiger partial charge on any atom is -0.307 e. The Bertz CT molecular complexity index is 3790. The molecule has 0 aliphatic carbocycles. The van der Waals surface area contributed by atoms with Crippen LogP contribution in [0, 0.1) is 0 Å². The minimum atomic E-state index is 0.632. The van der Waals surface area contributed by atoms with Gasteiger partial charge in [-0.3, -0.25) is 0 Å². The van der Waals surface area contributed by atoms with Crippen LogP contribution in [0.25, 0.3) is 121 Å². The van der Waals surface area contributed by atoms with Crippen LogP contribution in [0.5, 0.6) is 0 Å². The molecule has 13 rings (SSSR count). The Morgan fingerprint density at radius 1 is 0.276 bits per heavy atom. The molecule has 0 bridgehead atoms. The van der Waals surface area contributed by atoms with Crippen molar-refractivity contribution in [2.75, 3.05) is 0 Å². The van der Waals surface area contributed by atoms with Gasteiger partial charge in [-0.15, -0.1) is 0 Å². The zero-order chi connectivity index (χ0) is 37.9. The van der Waals surface area contributed by atoms with Gasteiger partial charge in [0.25, 0.3) is 0 Å². The summed E-state index contributed by atoms with van der Waals surface area (Å²) in [6, 6.07) is 67.5. The molecule has 4 aromatic heterocycles. The summed E-state index contributed by atoms with van der Waals surface area (Å²) in [5.74, 6) is 1.92. The van der Waals surface area contributed by atoms with Crippen LogP contribution in [0.3, 0.4) is 0 Å². The Labute approximate surface area is 331 Å². The fourth-order valence-electron chi connectivity index (χ4n) is 9.48. The molecule has 5 heteroatoms. The molecule has 0 atom stereocenters. The Morgan fingerprint density at radius 2 is 0.810 bits per heavy atom. The Morgan fingerprint density at radius 3 is 1.55 bits per heavy atom. The first kappa shape index (κ1) is 31.3. The van der Waals surface area contributed by atoms with Crippen LogP contribution in [-0.2, 0) is 0 Å². The van der Waals surface area contributed by atoms with Gasteiger partial charge in [0.2, 0.25) is 0 Å². The van der Waals surface area contributed by atoms with E-state index in [2.05, 4.69) is 160 Å². The molecule has 0 N–H and O–H groups in total. The topological polar surface area (TPSA) is 47.5 Å². The molecule has 0 spiro atoms. The Balaban J connectivity index is 1.26. The fraction of sp³-hybridized carbons (Fsp3) is 0. The van der Waals surface area contributed by atoms with E-state index in [0.29, 0.717) is 17.5 Å². The van der Waals surface area contributed by atoms with E-state index >= 15 is 0 Å². The maximum absolute atomic E-state index is 5.16. The lowest BCUT2D eigenvalue weighted by molar-refractivity contribution is 1.07. The molecule has 0 amide bonds. The third-order valence-corrected chi connectivity index (χ3v) is 12.0. The van der Waals surface area contributed by atoms with Gasteiger partial charge in [0.1, 0.15) is 0 Å². The zero-order valence-electron chi connectivity index (χ0n) is 31.1. The highest BCUT2D eigenvalue weighted by Crippen LogP contribution is 2.44. The Hall–Kier alpha value is -7.89. The normalized spacial score (nSPS) is 12.1. The van der Waals surface area contributed by atoms with E-state index in [9.17, 15) is 0 Å². The number of aromatic nitrogens is 5. The standard InChI is InChI=1S/C53H31N5/c1-3-14-32(15-4-1)51-54-52(33-16-5-2-6-17-33)56-53(55-51)37-26-27-41-46(31-37)58-45-25-13-23-40-39-22-11-12-24-44(39)57(49(40)45)47-30-35-19-8-7-18-34(35)28-42(47)43-29-36-20-9-10-21-38(36)48(41)50(43)58/h1-31H. The van der Waals surface area contributed by atoms with Gasteiger partial charge in [0, 0.05) is 49.0 Å². The highest BCUT2D eigenvalue weighted by molar-refractivity contribution is 6.31. The molecule has 9 aromatic carbocycles. The van der Waals surface area contributed by atoms with E-state index in [1.54, 1.807) is 0 Å². The zero-order valence-corrected chi connectivity index (χ0v) is 31.1. The van der Waals surface area contributed by atoms with Crippen molar-refractivity contribution in [3.05, 3.63) is 188 Å². The average Bonchev–Trinajstić information content (AvgIpc) is 3.82. The third-order valence-electron chi connectivity index (χ3n) is 12.0. The quantitative estimate of drug-likeness (QED) is 0.181. The van der Waals surface area contributed by atoms with E-state index in [1.807, 2.05) is 36.4 Å². The summed E-state index contributed by atoms with van der Waals surface area (Å²) in [6.07, 6.45) is 0. The largest absolute Gasteiger partial charge is 0.307 e. The second-order valence-electron chi connectivity index (χ2n) is 15.2. The van der Waals surface area contributed by atoms with E-state index in [4.69, 9.17) is 15.0 Å². The molecule has 0 unspecified atom stereocenters. The first-order chi connectivity index (χ1) is 28.8. The summed E-state index contributed by atoms with van der Waals surface area (Å²) >= 11 is 0. The van der Waals surface area contributed by atoms with Crippen LogP contribution < -0.4 is 0 Å². The molecule has 268 valence electrons.